The van der Waals surface area contributed by atoms with E-state index in [1.54, 1.807) is 0 Å². The van der Waals surface area contributed by atoms with E-state index < -0.39 is 8.07 Å². The van der Waals surface area contributed by atoms with Crippen molar-refractivity contribution in [2.45, 2.75) is 47.3 Å². The summed E-state index contributed by atoms with van der Waals surface area (Å²) < 4.78 is 11.0. The predicted molar refractivity (Wildman–Crippen MR) is 138 cm³/mol. The summed E-state index contributed by atoms with van der Waals surface area (Å²) >= 11 is 0. The second kappa shape index (κ2) is 7.76. The highest BCUT2D eigenvalue weighted by atomic mass is 28.3. The standard InChI is InChI=1S/C29H34NSi/c1-19-10-9-11-20(2)28(19)23-12-14-26(21(3)16-23)29-27-15-13-25(31(6,7)8)18-24(27)17-22(4)30(29)5/h9-18H,1-8H3/q+1/i17D. The Kier molecular flexibility index (Phi) is 5.06. The molecule has 0 aliphatic rings. The number of nitrogens with zero attached hydrogens (tertiary/aromatic N) is 1. The summed E-state index contributed by atoms with van der Waals surface area (Å²) in [6, 6.07) is 20.8. The van der Waals surface area contributed by atoms with Crippen LogP contribution in [0.25, 0.3) is 33.2 Å². The van der Waals surface area contributed by atoms with Gasteiger partial charge in [0.15, 0.2) is 5.69 Å². The van der Waals surface area contributed by atoms with Gasteiger partial charge in [0.05, 0.1) is 14.8 Å². The van der Waals surface area contributed by atoms with E-state index in [1.807, 2.05) is 0 Å². The van der Waals surface area contributed by atoms with Gasteiger partial charge in [0.25, 0.3) is 0 Å². The summed E-state index contributed by atoms with van der Waals surface area (Å²) in [5, 5.41) is 3.63. The highest BCUT2D eigenvalue weighted by Crippen LogP contribution is 2.33. The van der Waals surface area contributed by atoms with Crippen LogP contribution in [0.1, 0.15) is 23.8 Å². The first kappa shape index (κ1) is 20.2. The molecule has 0 atom stereocenters. The van der Waals surface area contributed by atoms with Gasteiger partial charge in [0, 0.05) is 18.5 Å². The summed E-state index contributed by atoms with van der Waals surface area (Å²) in [5.41, 5.74) is 9.89. The molecule has 158 valence electrons. The fourth-order valence-corrected chi connectivity index (χ4v) is 5.79. The van der Waals surface area contributed by atoms with Crippen LogP contribution in [0.4, 0.5) is 0 Å². The molecule has 0 unspecified atom stereocenters. The van der Waals surface area contributed by atoms with Crippen LogP contribution < -0.4 is 9.75 Å². The molecule has 0 saturated heterocycles. The van der Waals surface area contributed by atoms with Gasteiger partial charge in [0.2, 0.25) is 5.69 Å². The van der Waals surface area contributed by atoms with Gasteiger partial charge in [-0.1, -0.05) is 67.3 Å². The number of aryl methyl sites for hydroxylation is 3. The average Bonchev–Trinajstić information content (AvgIpc) is 2.72. The van der Waals surface area contributed by atoms with Crippen molar-refractivity contribution in [3.05, 3.63) is 83.0 Å². The zero-order valence-electron chi connectivity index (χ0n) is 21.1. The Hall–Kier alpha value is -2.71. The number of aromatic nitrogens is 1. The monoisotopic (exact) mass is 425 g/mol. The van der Waals surface area contributed by atoms with Crippen molar-refractivity contribution in [2.24, 2.45) is 7.05 Å². The minimum Gasteiger partial charge on any atom is -0.198 e. The Morgan fingerprint density at radius 1 is 0.806 bits per heavy atom. The summed E-state index contributed by atoms with van der Waals surface area (Å²) in [4.78, 5) is 0. The van der Waals surface area contributed by atoms with Crippen LogP contribution in [0.15, 0.2) is 60.6 Å². The largest absolute Gasteiger partial charge is 0.220 e. The maximum absolute atomic E-state index is 8.83. The van der Waals surface area contributed by atoms with Crippen LogP contribution in [-0.2, 0) is 7.05 Å². The van der Waals surface area contributed by atoms with Crippen molar-refractivity contribution in [3.8, 4) is 22.4 Å². The number of benzene rings is 3. The zero-order valence-corrected chi connectivity index (χ0v) is 21.1. The molecule has 0 aliphatic carbocycles. The van der Waals surface area contributed by atoms with E-state index in [2.05, 4.69) is 114 Å². The van der Waals surface area contributed by atoms with Crippen molar-refractivity contribution in [3.63, 3.8) is 0 Å². The van der Waals surface area contributed by atoms with E-state index in [-0.39, 0.29) is 0 Å². The molecule has 0 spiro atoms. The van der Waals surface area contributed by atoms with Gasteiger partial charge in [-0.15, -0.1) is 0 Å². The van der Waals surface area contributed by atoms with Crippen molar-refractivity contribution in [1.29, 1.82) is 0 Å². The summed E-state index contributed by atoms with van der Waals surface area (Å²) in [6.45, 7) is 15.7. The molecule has 0 saturated carbocycles. The van der Waals surface area contributed by atoms with Gasteiger partial charge in [-0.05, 0) is 66.1 Å². The lowest BCUT2D eigenvalue weighted by Gasteiger charge is -2.18. The third-order valence-corrected chi connectivity index (χ3v) is 8.59. The molecular weight excluding hydrogens is 390 g/mol. The van der Waals surface area contributed by atoms with E-state index in [1.165, 1.54) is 44.3 Å². The van der Waals surface area contributed by atoms with Crippen molar-refractivity contribution >= 4 is 24.0 Å². The van der Waals surface area contributed by atoms with Crippen LogP contribution in [-0.4, -0.2) is 8.07 Å². The molecule has 0 radical (unpaired) electrons. The minimum atomic E-state index is -1.46. The molecule has 0 N–H and O–H groups in total. The Bertz CT molecular complexity index is 1340. The topological polar surface area (TPSA) is 3.88 Å². The maximum Gasteiger partial charge on any atom is 0.220 e. The summed E-state index contributed by atoms with van der Waals surface area (Å²) in [7, 11) is 0.633. The first-order chi connectivity index (χ1) is 15.0. The molecule has 2 heteroatoms. The molecular formula is C29H34NSi+. The molecule has 0 fully saturated rings. The van der Waals surface area contributed by atoms with Gasteiger partial charge in [-0.3, -0.25) is 0 Å². The highest BCUT2D eigenvalue weighted by Gasteiger charge is 2.23. The number of rotatable bonds is 3. The van der Waals surface area contributed by atoms with Crippen LogP contribution >= 0.6 is 0 Å². The summed E-state index contributed by atoms with van der Waals surface area (Å²) in [5.74, 6) is 0. The van der Waals surface area contributed by atoms with E-state index >= 15 is 0 Å². The second-order valence-electron chi connectivity index (χ2n) is 9.92. The van der Waals surface area contributed by atoms with Crippen LogP contribution in [0.5, 0.6) is 0 Å². The molecule has 4 rings (SSSR count). The van der Waals surface area contributed by atoms with E-state index in [0.717, 1.165) is 16.5 Å². The van der Waals surface area contributed by atoms with Gasteiger partial charge >= 0.3 is 0 Å². The van der Waals surface area contributed by atoms with Gasteiger partial charge < -0.3 is 0 Å². The minimum absolute atomic E-state index is 0.635. The number of hydrogen-bond donors (Lipinski definition) is 0. The smallest absolute Gasteiger partial charge is 0.198 e. The van der Waals surface area contributed by atoms with Gasteiger partial charge in [-0.2, -0.15) is 4.57 Å². The van der Waals surface area contributed by atoms with Crippen LogP contribution in [0.3, 0.4) is 0 Å². The van der Waals surface area contributed by atoms with Crippen LogP contribution in [0.2, 0.25) is 19.6 Å². The zero-order chi connectivity index (χ0) is 23.4. The van der Waals surface area contributed by atoms with Crippen LogP contribution in [0, 0.1) is 27.7 Å². The molecule has 1 aromatic heterocycles. The fourth-order valence-electron chi connectivity index (χ4n) is 4.63. The lowest BCUT2D eigenvalue weighted by molar-refractivity contribution is -0.665. The molecule has 0 amide bonds. The van der Waals surface area contributed by atoms with Crippen molar-refractivity contribution in [2.75, 3.05) is 0 Å². The van der Waals surface area contributed by atoms with Crippen molar-refractivity contribution in [1.82, 2.24) is 0 Å². The SMILES string of the molecule is [2H]c1c(C)[n+](C)c(-c2ccc(-c3c(C)cccc3C)cc2C)c2ccc([Si](C)(C)C)cc12. The number of pyridine rings is 1. The Morgan fingerprint density at radius 2 is 1.48 bits per heavy atom. The molecule has 1 heterocycles. The normalized spacial score (nSPS) is 12.3. The van der Waals surface area contributed by atoms with Gasteiger partial charge in [-0.25, -0.2) is 0 Å². The van der Waals surface area contributed by atoms with E-state index in [4.69, 9.17) is 1.37 Å². The molecule has 3 aromatic carbocycles. The molecule has 0 bridgehead atoms. The fraction of sp³-hybridized carbons (Fsp3) is 0.276. The third kappa shape index (κ3) is 3.85. The molecule has 0 aliphatic heterocycles. The third-order valence-electron chi connectivity index (χ3n) is 6.55. The highest BCUT2D eigenvalue weighted by molar-refractivity contribution is 6.88. The number of hydrogen-bond acceptors (Lipinski definition) is 0. The Balaban J connectivity index is 1.98. The second-order valence-corrected chi connectivity index (χ2v) is 15.0. The lowest BCUT2D eigenvalue weighted by atomic mass is 9.91. The quantitative estimate of drug-likeness (QED) is 0.252. The maximum atomic E-state index is 8.83. The van der Waals surface area contributed by atoms with Gasteiger partial charge in [0.1, 0.15) is 7.05 Å². The predicted octanol–water partition coefficient (Wildman–Crippen LogP) is 6.78. The van der Waals surface area contributed by atoms with E-state index in [9.17, 15) is 0 Å². The van der Waals surface area contributed by atoms with E-state index in [0.29, 0.717) is 6.04 Å². The molecule has 1 nitrogen and oxygen atoms in total. The average molecular weight is 426 g/mol. The van der Waals surface area contributed by atoms with Crippen molar-refractivity contribution < 1.29 is 5.94 Å². The lowest BCUT2D eigenvalue weighted by Crippen LogP contribution is -2.38. The molecule has 4 aromatic rings. The molecule has 31 heavy (non-hydrogen) atoms. The Morgan fingerprint density at radius 3 is 2.10 bits per heavy atom. The first-order valence-electron chi connectivity index (χ1n) is 11.6. The number of fused-ring (bicyclic) bond motifs is 1. The Labute approximate surface area is 189 Å². The summed E-state index contributed by atoms with van der Waals surface area (Å²) in [6.07, 6.45) is 0. The first-order valence-corrected chi connectivity index (χ1v) is 14.6.